The van der Waals surface area contributed by atoms with Gasteiger partial charge in [-0.05, 0) is 29.0 Å². The molecule has 0 unspecified atom stereocenters. The van der Waals surface area contributed by atoms with Crippen LogP contribution >= 0.6 is 11.3 Å². The quantitative estimate of drug-likeness (QED) is 0.586. The highest BCUT2D eigenvalue weighted by molar-refractivity contribution is 7.12. The molecule has 0 radical (unpaired) electrons. The summed E-state index contributed by atoms with van der Waals surface area (Å²) in [6, 6.07) is 23.2. The van der Waals surface area contributed by atoms with Crippen molar-refractivity contribution >= 4 is 23.2 Å². The molecule has 2 aromatic carbocycles. The number of carbonyl (C=O) groups excluding carboxylic acids is 2. The molecule has 4 nitrogen and oxygen atoms in total. The van der Waals surface area contributed by atoms with Gasteiger partial charge in [0.25, 0.3) is 5.91 Å². The van der Waals surface area contributed by atoms with Gasteiger partial charge in [0.15, 0.2) is 0 Å². The molecule has 5 heteroatoms. The van der Waals surface area contributed by atoms with E-state index in [1.54, 1.807) is 6.07 Å². The first-order valence-corrected chi connectivity index (χ1v) is 9.83. The molecule has 0 fully saturated rings. The van der Waals surface area contributed by atoms with E-state index in [0.717, 1.165) is 11.1 Å². The van der Waals surface area contributed by atoms with Gasteiger partial charge in [-0.15, -0.1) is 11.3 Å². The van der Waals surface area contributed by atoms with Gasteiger partial charge in [0.1, 0.15) is 0 Å². The summed E-state index contributed by atoms with van der Waals surface area (Å²) in [5.41, 5.74) is 1.93. The lowest BCUT2D eigenvalue weighted by molar-refractivity contribution is -0.121. The molecule has 2 N–H and O–H groups in total. The van der Waals surface area contributed by atoms with Gasteiger partial charge in [0.2, 0.25) is 5.91 Å². The first kappa shape index (κ1) is 18.9. The maximum Gasteiger partial charge on any atom is 0.261 e. The van der Waals surface area contributed by atoms with Crippen LogP contribution in [0.5, 0.6) is 0 Å². The molecule has 0 saturated carbocycles. The van der Waals surface area contributed by atoms with Gasteiger partial charge in [-0.1, -0.05) is 66.7 Å². The summed E-state index contributed by atoms with van der Waals surface area (Å²) in [6.07, 6.45) is 0.680. The van der Waals surface area contributed by atoms with Crippen LogP contribution in [0, 0.1) is 0 Å². The Kier molecular flexibility index (Phi) is 6.77. The van der Waals surface area contributed by atoms with E-state index in [2.05, 4.69) is 10.6 Å². The van der Waals surface area contributed by atoms with Crippen molar-refractivity contribution in [3.05, 3.63) is 94.2 Å². The molecular weight excluding hydrogens is 356 g/mol. The van der Waals surface area contributed by atoms with Crippen molar-refractivity contribution in [2.75, 3.05) is 13.1 Å². The van der Waals surface area contributed by atoms with E-state index in [1.807, 2.05) is 72.1 Å². The van der Waals surface area contributed by atoms with Crippen molar-refractivity contribution in [1.29, 1.82) is 0 Å². The zero-order valence-electron chi connectivity index (χ0n) is 14.9. The van der Waals surface area contributed by atoms with E-state index in [1.165, 1.54) is 11.3 Å². The second-order valence-electron chi connectivity index (χ2n) is 6.13. The number of benzene rings is 2. The summed E-state index contributed by atoms with van der Waals surface area (Å²) in [7, 11) is 0. The highest BCUT2D eigenvalue weighted by atomic mass is 32.1. The monoisotopic (exact) mass is 378 g/mol. The Labute approximate surface area is 163 Å². The Morgan fingerprint density at radius 3 is 1.93 bits per heavy atom. The predicted octanol–water partition coefficient (Wildman–Crippen LogP) is 3.82. The molecule has 0 spiro atoms. The second kappa shape index (κ2) is 9.69. The van der Waals surface area contributed by atoms with Gasteiger partial charge in [0, 0.05) is 13.1 Å². The molecular formula is C22H22N2O2S. The van der Waals surface area contributed by atoms with Crippen molar-refractivity contribution in [1.82, 2.24) is 10.6 Å². The van der Waals surface area contributed by atoms with Gasteiger partial charge in [-0.2, -0.15) is 0 Å². The minimum Gasteiger partial charge on any atom is -0.355 e. The van der Waals surface area contributed by atoms with Gasteiger partial charge >= 0.3 is 0 Å². The summed E-state index contributed by atoms with van der Waals surface area (Å²) in [5, 5.41) is 7.75. The molecule has 0 bridgehead atoms. The fourth-order valence-corrected chi connectivity index (χ4v) is 3.53. The summed E-state index contributed by atoms with van der Waals surface area (Å²) in [4.78, 5) is 25.4. The highest BCUT2D eigenvalue weighted by Crippen LogP contribution is 2.24. The third-order valence-corrected chi connectivity index (χ3v) is 5.08. The molecule has 1 heterocycles. The maximum atomic E-state index is 12.8. The molecule has 3 rings (SSSR count). The van der Waals surface area contributed by atoms with Gasteiger partial charge in [-0.25, -0.2) is 0 Å². The minimum absolute atomic E-state index is 0.0306. The molecule has 0 aliphatic rings. The average molecular weight is 378 g/mol. The van der Waals surface area contributed by atoms with E-state index in [-0.39, 0.29) is 17.7 Å². The number of hydrogen-bond acceptors (Lipinski definition) is 3. The lowest BCUT2D eigenvalue weighted by Crippen LogP contribution is -2.33. The fraction of sp³-hybridized carbons (Fsp3) is 0.182. The van der Waals surface area contributed by atoms with Crippen molar-refractivity contribution in [3.8, 4) is 0 Å². The number of rotatable bonds is 8. The van der Waals surface area contributed by atoms with Gasteiger partial charge in [0.05, 0.1) is 10.8 Å². The van der Waals surface area contributed by atoms with E-state index in [9.17, 15) is 9.59 Å². The summed E-state index contributed by atoms with van der Waals surface area (Å²) in [5.74, 6) is -0.437. The molecule has 0 aliphatic carbocycles. The fourth-order valence-electron chi connectivity index (χ4n) is 2.89. The number of thiophene rings is 1. The maximum absolute atomic E-state index is 12.8. The van der Waals surface area contributed by atoms with Crippen LogP contribution in [0.15, 0.2) is 78.2 Å². The largest absolute Gasteiger partial charge is 0.355 e. The standard InChI is InChI=1S/C22H22N2O2S/c25-21(19-13-7-16-27-19)23-14-8-15-24-22(26)20(17-9-3-1-4-10-17)18-11-5-2-6-12-18/h1-7,9-13,16,20H,8,14-15H2,(H,23,25)(H,24,26). The van der Waals surface area contributed by atoms with Crippen molar-refractivity contribution in [3.63, 3.8) is 0 Å². The number of nitrogens with one attached hydrogen (secondary N) is 2. The van der Waals surface area contributed by atoms with Gasteiger partial charge < -0.3 is 10.6 Å². The van der Waals surface area contributed by atoms with E-state index in [0.29, 0.717) is 24.4 Å². The van der Waals surface area contributed by atoms with Crippen molar-refractivity contribution < 1.29 is 9.59 Å². The molecule has 1 aromatic heterocycles. The zero-order valence-corrected chi connectivity index (χ0v) is 15.7. The summed E-state index contributed by atoms with van der Waals surface area (Å²) >= 11 is 1.42. The summed E-state index contributed by atoms with van der Waals surface area (Å²) < 4.78 is 0. The van der Waals surface area contributed by atoms with E-state index < -0.39 is 0 Å². The van der Waals surface area contributed by atoms with Crippen LogP contribution in [-0.2, 0) is 4.79 Å². The van der Waals surface area contributed by atoms with Crippen LogP contribution in [0.25, 0.3) is 0 Å². The lowest BCUT2D eigenvalue weighted by Gasteiger charge is -2.18. The molecule has 3 aromatic rings. The van der Waals surface area contributed by atoms with E-state index in [4.69, 9.17) is 0 Å². The third kappa shape index (κ3) is 5.28. The van der Waals surface area contributed by atoms with Crippen molar-refractivity contribution in [2.45, 2.75) is 12.3 Å². The lowest BCUT2D eigenvalue weighted by atomic mass is 9.90. The Bertz CT molecular complexity index is 809. The van der Waals surface area contributed by atoms with Crippen LogP contribution < -0.4 is 10.6 Å². The SMILES string of the molecule is O=C(NCCCNC(=O)C(c1ccccc1)c1ccccc1)c1cccs1. The molecule has 0 saturated heterocycles. The zero-order chi connectivity index (χ0) is 18.9. The topological polar surface area (TPSA) is 58.2 Å². The van der Waals surface area contributed by atoms with Crippen molar-refractivity contribution in [2.24, 2.45) is 0 Å². The van der Waals surface area contributed by atoms with Crippen LogP contribution in [0.3, 0.4) is 0 Å². The molecule has 138 valence electrons. The van der Waals surface area contributed by atoms with Crippen LogP contribution in [0.4, 0.5) is 0 Å². The summed E-state index contributed by atoms with van der Waals surface area (Å²) in [6.45, 7) is 1.04. The first-order valence-electron chi connectivity index (χ1n) is 8.95. The molecule has 0 atom stereocenters. The average Bonchev–Trinajstić information content (AvgIpc) is 3.24. The Balaban J connectivity index is 1.53. The van der Waals surface area contributed by atoms with E-state index >= 15 is 0 Å². The number of hydrogen-bond donors (Lipinski definition) is 2. The second-order valence-corrected chi connectivity index (χ2v) is 7.08. The molecule has 2 amide bonds. The Morgan fingerprint density at radius 1 is 0.778 bits per heavy atom. The Hall–Kier alpha value is -2.92. The molecule has 0 aliphatic heterocycles. The highest BCUT2D eigenvalue weighted by Gasteiger charge is 2.21. The van der Waals surface area contributed by atoms with Crippen LogP contribution in [0.2, 0.25) is 0 Å². The smallest absolute Gasteiger partial charge is 0.261 e. The Morgan fingerprint density at radius 2 is 1.37 bits per heavy atom. The normalized spacial score (nSPS) is 10.6. The van der Waals surface area contributed by atoms with Crippen LogP contribution in [0.1, 0.15) is 33.1 Å². The first-order chi connectivity index (χ1) is 13.3. The predicted molar refractivity (Wildman–Crippen MR) is 109 cm³/mol. The van der Waals surface area contributed by atoms with Crippen LogP contribution in [-0.4, -0.2) is 24.9 Å². The minimum atomic E-state index is -0.340. The van der Waals surface area contributed by atoms with Gasteiger partial charge in [-0.3, -0.25) is 9.59 Å². The number of amides is 2. The third-order valence-electron chi connectivity index (χ3n) is 4.21. The molecule has 27 heavy (non-hydrogen) atoms. The number of carbonyl (C=O) groups is 2.